The van der Waals surface area contributed by atoms with E-state index in [1.807, 2.05) is 36.6 Å². The number of hydrogen-bond donors (Lipinski definition) is 1. The lowest BCUT2D eigenvalue weighted by molar-refractivity contribution is -0.166. The summed E-state index contributed by atoms with van der Waals surface area (Å²) in [7, 11) is 0. The molecule has 0 bridgehead atoms. The van der Waals surface area contributed by atoms with Gasteiger partial charge in [0.05, 0.1) is 12.3 Å². The van der Waals surface area contributed by atoms with Gasteiger partial charge < -0.3 is 14.8 Å². The van der Waals surface area contributed by atoms with E-state index in [2.05, 4.69) is 10.3 Å². The normalized spacial score (nSPS) is 24.5. The van der Waals surface area contributed by atoms with Crippen LogP contribution in [0.15, 0.2) is 29.6 Å². The molecule has 144 valence electrons. The summed E-state index contributed by atoms with van der Waals surface area (Å²) in [5.41, 5.74) is 0.530. The fourth-order valence-corrected chi connectivity index (χ4v) is 4.16. The Morgan fingerprint density at radius 1 is 1.33 bits per heavy atom. The Morgan fingerprint density at radius 2 is 2.04 bits per heavy atom. The molecule has 0 unspecified atom stereocenters. The molecule has 27 heavy (non-hydrogen) atoms. The Kier molecular flexibility index (Phi) is 5.24. The fraction of sp³-hybridized carbons (Fsp3) is 0.450. The van der Waals surface area contributed by atoms with Gasteiger partial charge in [0, 0.05) is 17.5 Å². The van der Waals surface area contributed by atoms with Crippen molar-refractivity contribution in [3.63, 3.8) is 0 Å². The van der Waals surface area contributed by atoms with Crippen LogP contribution in [0.3, 0.4) is 0 Å². The van der Waals surface area contributed by atoms with Crippen molar-refractivity contribution in [2.75, 3.05) is 11.9 Å². The van der Waals surface area contributed by atoms with Crippen molar-refractivity contribution >= 4 is 34.1 Å². The number of aromatic nitrogens is 1. The zero-order valence-electron chi connectivity index (χ0n) is 16.0. The molecule has 1 aromatic heterocycles. The standard InChI is InChI=1S/C20H24N2O4S/c1-5-20(16(23)25-6-2)12-19(4,26-17(20)24)15-11-27-18(22-15)21-14-9-7-13(3)8-10-14/h7-11H,5-6,12H2,1-4H3,(H,21,22)/t19-,20-/m1/s1. The van der Waals surface area contributed by atoms with Crippen LogP contribution >= 0.6 is 11.3 Å². The first kappa shape index (κ1) is 19.4. The zero-order chi connectivity index (χ0) is 19.7. The van der Waals surface area contributed by atoms with Crippen LogP contribution in [0.1, 0.15) is 44.9 Å². The van der Waals surface area contributed by atoms with Crippen LogP contribution in [-0.4, -0.2) is 23.5 Å². The number of anilines is 2. The maximum Gasteiger partial charge on any atom is 0.324 e. The first-order chi connectivity index (χ1) is 12.8. The summed E-state index contributed by atoms with van der Waals surface area (Å²) < 4.78 is 10.8. The van der Waals surface area contributed by atoms with Crippen molar-refractivity contribution in [1.29, 1.82) is 0 Å². The van der Waals surface area contributed by atoms with E-state index in [1.165, 1.54) is 16.9 Å². The lowest BCUT2D eigenvalue weighted by Crippen LogP contribution is -2.37. The summed E-state index contributed by atoms with van der Waals surface area (Å²) >= 11 is 1.43. The molecule has 0 radical (unpaired) electrons. The topological polar surface area (TPSA) is 77.5 Å². The van der Waals surface area contributed by atoms with E-state index in [4.69, 9.17) is 9.47 Å². The van der Waals surface area contributed by atoms with Crippen molar-refractivity contribution in [2.24, 2.45) is 5.41 Å². The van der Waals surface area contributed by atoms with Crippen LogP contribution < -0.4 is 5.32 Å². The SMILES string of the molecule is CCOC(=O)[C@@]1(CC)C[C@](C)(c2csc(Nc3ccc(C)cc3)n2)OC1=O. The lowest BCUT2D eigenvalue weighted by Gasteiger charge is -2.23. The quantitative estimate of drug-likeness (QED) is 0.587. The molecule has 2 atom stereocenters. The van der Waals surface area contributed by atoms with Gasteiger partial charge >= 0.3 is 11.9 Å². The molecule has 0 spiro atoms. The molecule has 6 nitrogen and oxygen atoms in total. The Labute approximate surface area is 162 Å². The highest BCUT2D eigenvalue weighted by atomic mass is 32.1. The Morgan fingerprint density at radius 3 is 2.67 bits per heavy atom. The Bertz CT molecular complexity index is 848. The van der Waals surface area contributed by atoms with E-state index in [0.717, 1.165) is 5.69 Å². The predicted octanol–water partition coefficient (Wildman–Crippen LogP) is 4.32. The van der Waals surface area contributed by atoms with Gasteiger partial charge in [0.1, 0.15) is 0 Å². The molecule has 1 saturated heterocycles. The minimum absolute atomic E-state index is 0.224. The molecular formula is C20H24N2O4S. The van der Waals surface area contributed by atoms with Crippen LogP contribution in [-0.2, 0) is 24.7 Å². The average molecular weight is 388 g/mol. The highest BCUT2D eigenvalue weighted by molar-refractivity contribution is 7.13. The average Bonchev–Trinajstić information content (AvgIpc) is 3.21. The number of esters is 2. The van der Waals surface area contributed by atoms with Crippen LogP contribution in [0.4, 0.5) is 10.8 Å². The number of rotatable bonds is 6. The number of benzene rings is 1. The third kappa shape index (κ3) is 3.56. The van der Waals surface area contributed by atoms with E-state index < -0.39 is 23.0 Å². The van der Waals surface area contributed by atoms with E-state index in [-0.39, 0.29) is 13.0 Å². The van der Waals surface area contributed by atoms with Crippen molar-refractivity contribution in [2.45, 2.75) is 46.1 Å². The Hall–Kier alpha value is -2.41. The molecule has 1 aromatic carbocycles. The van der Waals surface area contributed by atoms with Crippen LogP contribution in [0.2, 0.25) is 0 Å². The summed E-state index contributed by atoms with van der Waals surface area (Å²) in [5, 5.41) is 5.82. The minimum atomic E-state index is -1.26. The number of nitrogens with zero attached hydrogens (tertiary/aromatic N) is 1. The van der Waals surface area contributed by atoms with E-state index >= 15 is 0 Å². The molecule has 2 heterocycles. The number of thiazole rings is 1. The van der Waals surface area contributed by atoms with E-state index in [0.29, 0.717) is 17.2 Å². The minimum Gasteiger partial charge on any atom is -0.465 e. The molecular weight excluding hydrogens is 364 g/mol. The van der Waals surface area contributed by atoms with Gasteiger partial charge in [0.2, 0.25) is 0 Å². The summed E-state index contributed by atoms with van der Waals surface area (Å²) in [5.74, 6) is -1.05. The van der Waals surface area contributed by atoms with Gasteiger partial charge in [0.25, 0.3) is 0 Å². The molecule has 2 aromatic rings. The van der Waals surface area contributed by atoms with Gasteiger partial charge in [-0.2, -0.15) is 0 Å². The van der Waals surface area contributed by atoms with Crippen molar-refractivity contribution in [3.8, 4) is 0 Å². The maximum atomic E-state index is 12.6. The van der Waals surface area contributed by atoms with Crippen LogP contribution in [0.25, 0.3) is 0 Å². The first-order valence-corrected chi connectivity index (χ1v) is 9.91. The summed E-state index contributed by atoms with van der Waals surface area (Å²) in [6.07, 6.45) is 0.556. The summed E-state index contributed by atoms with van der Waals surface area (Å²) in [6, 6.07) is 8.00. The molecule has 1 aliphatic heterocycles. The van der Waals surface area contributed by atoms with Gasteiger partial charge in [0.15, 0.2) is 16.1 Å². The third-order valence-corrected chi connectivity index (χ3v) is 5.72. The molecule has 1 N–H and O–H groups in total. The van der Waals surface area contributed by atoms with Crippen molar-refractivity contribution in [3.05, 3.63) is 40.9 Å². The number of nitrogens with one attached hydrogen (secondary N) is 1. The molecule has 0 aliphatic carbocycles. The Balaban J connectivity index is 1.82. The predicted molar refractivity (Wildman–Crippen MR) is 104 cm³/mol. The largest absolute Gasteiger partial charge is 0.465 e. The van der Waals surface area contributed by atoms with Gasteiger partial charge in [-0.25, -0.2) is 4.98 Å². The molecule has 7 heteroatoms. The van der Waals surface area contributed by atoms with Gasteiger partial charge in [-0.3, -0.25) is 9.59 Å². The number of hydrogen-bond acceptors (Lipinski definition) is 7. The number of aryl methyl sites for hydroxylation is 1. The highest BCUT2D eigenvalue weighted by Gasteiger charge is 2.60. The number of carbonyl (C=O) groups is 2. The van der Waals surface area contributed by atoms with Gasteiger partial charge in [-0.15, -0.1) is 11.3 Å². The number of cyclic esters (lactones) is 1. The van der Waals surface area contributed by atoms with Crippen molar-refractivity contribution < 1.29 is 19.1 Å². The second-order valence-electron chi connectivity index (χ2n) is 6.98. The summed E-state index contributed by atoms with van der Waals surface area (Å²) in [4.78, 5) is 29.6. The monoisotopic (exact) mass is 388 g/mol. The van der Waals surface area contributed by atoms with Gasteiger partial charge in [-0.05, 0) is 39.3 Å². The van der Waals surface area contributed by atoms with Crippen molar-refractivity contribution in [1.82, 2.24) is 4.98 Å². The second-order valence-corrected chi connectivity index (χ2v) is 7.84. The maximum absolute atomic E-state index is 12.6. The molecule has 0 amide bonds. The first-order valence-electron chi connectivity index (χ1n) is 9.03. The molecule has 1 fully saturated rings. The summed E-state index contributed by atoms with van der Waals surface area (Å²) in [6.45, 7) is 7.59. The van der Waals surface area contributed by atoms with Gasteiger partial charge in [-0.1, -0.05) is 24.6 Å². The van der Waals surface area contributed by atoms with Crippen LogP contribution in [0, 0.1) is 12.3 Å². The fourth-order valence-electron chi connectivity index (χ4n) is 3.30. The van der Waals surface area contributed by atoms with E-state index in [1.54, 1.807) is 20.8 Å². The second kappa shape index (κ2) is 7.31. The lowest BCUT2D eigenvalue weighted by atomic mass is 9.78. The highest BCUT2D eigenvalue weighted by Crippen LogP contribution is 2.49. The van der Waals surface area contributed by atoms with Crippen LogP contribution in [0.5, 0.6) is 0 Å². The number of ether oxygens (including phenoxy) is 2. The molecule has 0 saturated carbocycles. The number of carbonyl (C=O) groups excluding carboxylic acids is 2. The zero-order valence-corrected chi connectivity index (χ0v) is 16.8. The molecule has 3 rings (SSSR count). The molecule has 1 aliphatic rings. The third-order valence-electron chi connectivity index (χ3n) is 4.97. The smallest absolute Gasteiger partial charge is 0.324 e. The van der Waals surface area contributed by atoms with E-state index in [9.17, 15) is 9.59 Å².